The summed E-state index contributed by atoms with van der Waals surface area (Å²) in [6, 6.07) is 12.0. The minimum Gasteiger partial charge on any atom is -0.496 e. The number of nitrogens with zero attached hydrogens (tertiary/aromatic N) is 1. The summed E-state index contributed by atoms with van der Waals surface area (Å²) in [4.78, 5) is 15.6. The van der Waals surface area contributed by atoms with Crippen molar-refractivity contribution in [1.29, 1.82) is 0 Å². The van der Waals surface area contributed by atoms with Crippen LogP contribution in [-0.4, -0.2) is 23.2 Å². The number of fused-ring (bicyclic) bond motifs is 1. The number of carboxylic acids is 1. The van der Waals surface area contributed by atoms with Gasteiger partial charge in [0, 0.05) is 12.1 Å². The number of carboxylic acid groups (broad SMARTS) is 1. The van der Waals surface area contributed by atoms with Crippen LogP contribution in [0.25, 0.3) is 10.8 Å². The second-order valence-corrected chi connectivity index (χ2v) is 6.06. The van der Waals surface area contributed by atoms with Gasteiger partial charge in [-0.05, 0) is 23.8 Å². The lowest BCUT2D eigenvalue weighted by Crippen LogP contribution is -2.02. The number of hydrogen-bond donors (Lipinski definition) is 2. The highest BCUT2D eigenvalue weighted by Crippen LogP contribution is 2.30. The summed E-state index contributed by atoms with van der Waals surface area (Å²) in [5, 5.41) is 15.1. The molecular formula is C17H16N2O3S. The monoisotopic (exact) mass is 328 g/mol. The zero-order valence-corrected chi connectivity index (χ0v) is 13.6. The summed E-state index contributed by atoms with van der Waals surface area (Å²) >= 11 is 1.14. The third-order valence-electron chi connectivity index (χ3n) is 3.62. The van der Waals surface area contributed by atoms with Crippen molar-refractivity contribution in [2.75, 3.05) is 12.4 Å². The number of rotatable bonds is 5. The summed E-state index contributed by atoms with van der Waals surface area (Å²) < 4.78 is 5.46. The molecule has 0 spiro atoms. The van der Waals surface area contributed by atoms with Gasteiger partial charge in [-0.2, -0.15) is 0 Å². The Morgan fingerprint density at radius 1 is 1.30 bits per heavy atom. The summed E-state index contributed by atoms with van der Waals surface area (Å²) in [5.41, 5.74) is 1.55. The van der Waals surface area contributed by atoms with Crippen LogP contribution >= 0.6 is 11.3 Å². The molecule has 0 aliphatic carbocycles. The fourth-order valence-corrected chi connectivity index (χ4v) is 3.32. The molecule has 0 bridgehead atoms. The molecule has 118 valence electrons. The largest absolute Gasteiger partial charge is 0.496 e. The molecule has 0 aliphatic heterocycles. The Labute approximate surface area is 137 Å². The number of aromatic carboxylic acids is 1. The molecule has 0 saturated heterocycles. The molecule has 0 aliphatic rings. The van der Waals surface area contributed by atoms with E-state index >= 15 is 0 Å². The molecule has 1 heterocycles. The normalized spacial score (nSPS) is 10.7. The number of hydrogen-bond acceptors (Lipinski definition) is 5. The highest BCUT2D eigenvalue weighted by molar-refractivity contribution is 7.17. The average molecular weight is 328 g/mol. The molecule has 5 nitrogen and oxygen atoms in total. The van der Waals surface area contributed by atoms with Gasteiger partial charge < -0.3 is 15.2 Å². The maximum absolute atomic E-state index is 11.1. The minimum absolute atomic E-state index is 0.261. The maximum atomic E-state index is 11.1. The van der Waals surface area contributed by atoms with Crippen LogP contribution < -0.4 is 10.1 Å². The third-order valence-corrected chi connectivity index (χ3v) is 4.73. The van der Waals surface area contributed by atoms with E-state index in [0.29, 0.717) is 17.4 Å². The third kappa shape index (κ3) is 2.98. The lowest BCUT2D eigenvalue weighted by molar-refractivity contribution is 0.0701. The molecule has 0 unspecified atom stereocenters. The van der Waals surface area contributed by atoms with Gasteiger partial charge >= 0.3 is 5.97 Å². The van der Waals surface area contributed by atoms with Gasteiger partial charge in [-0.25, -0.2) is 9.78 Å². The van der Waals surface area contributed by atoms with Crippen LogP contribution in [0.15, 0.2) is 36.4 Å². The van der Waals surface area contributed by atoms with Crippen molar-refractivity contribution in [3.8, 4) is 5.75 Å². The summed E-state index contributed by atoms with van der Waals surface area (Å²) in [6.07, 6.45) is 0. The van der Waals surface area contributed by atoms with Crippen LogP contribution in [0.5, 0.6) is 5.75 Å². The highest BCUT2D eigenvalue weighted by atomic mass is 32.1. The molecule has 0 fully saturated rings. The summed E-state index contributed by atoms with van der Waals surface area (Å²) in [5.74, 6) is -0.154. The minimum atomic E-state index is -0.948. The molecule has 1 aromatic heterocycles. The van der Waals surface area contributed by atoms with E-state index < -0.39 is 5.97 Å². The first-order valence-electron chi connectivity index (χ1n) is 7.09. The fourth-order valence-electron chi connectivity index (χ4n) is 2.52. The van der Waals surface area contributed by atoms with Gasteiger partial charge in [0.2, 0.25) is 0 Å². The van der Waals surface area contributed by atoms with Crippen molar-refractivity contribution in [3.05, 3.63) is 52.5 Å². The molecule has 3 rings (SSSR count). The van der Waals surface area contributed by atoms with Crippen LogP contribution in [0.2, 0.25) is 0 Å². The van der Waals surface area contributed by atoms with Gasteiger partial charge in [0.25, 0.3) is 0 Å². The van der Waals surface area contributed by atoms with Crippen LogP contribution in [0.1, 0.15) is 20.9 Å². The van der Waals surface area contributed by atoms with Crippen molar-refractivity contribution in [3.63, 3.8) is 0 Å². The van der Waals surface area contributed by atoms with Crippen molar-refractivity contribution >= 4 is 33.2 Å². The SMILES string of the molecule is COc1ccc2ccccc2c1CNc1nc(C)c(C(=O)O)s1. The van der Waals surface area contributed by atoms with Gasteiger partial charge in [0.1, 0.15) is 10.6 Å². The van der Waals surface area contributed by atoms with E-state index in [4.69, 9.17) is 9.84 Å². The van der Waals surface area contributed by atoms with Gasteiger partial charge in [0.05, 0.1) is 12.8 Å². The van der Waals surface area contributed by atoms with Crippen LogP contribution in [0.3, 0.4) is 0 Å². The van der Waals surface area contributed by atoms with Crippen molar-refractivity contribution in [2.45, 2.75) is 13.5 Å². The van der Waals surface area contributed by atoms with Crippen LogP contribution in [0.4, 0.5) is 5.13 Å². The van der Waals surface area contributed by atoms with Gasteiger partial charge in [0.15, 0.2) is 5.13 Å². The van der Waals surface area contributed by atoms with E-state index in [1.165, 1.54) is 0 Å². The van der Waals surface area contributed by atoms with Gasteiger partial charge in [-0.15, -0.1) is 0 Å². The number of aromatic nitrogens is 1. The molecule has 2 N–H and O–H groups in total. The predicted molar refractivity (Wildman–Crippen MR) is 91.6 cm³/mol. The molecule has 0 radical (unpaired) electrons. The first kappa shape index (κ1) is 15.3. The summed E-state index contributed by atoms with van der Waals surface area (Å²) in [6.45, 7) is 2.21. The Morgan fingerprint density at radius 2 is 2.09 bits per heavy atom. The topological polar surface area (TPSA) is 71.5 Å². The lowest BCUT2D eigenvalue weighted by Gasteiger charge is -2.12. The van der Waals surface area contributed by atoms with E-state index in [9.17, 15) is 4.79 Å². The molecule has 2 aromatic carbocycles. The zero-order valence-electron chi connectivity index (χ0n) is 12.8. The van der Waals surface area contributed by atoms with Crippen molar-refractivity contribution < 1.29 is 14.6 Å². The number of ether oxygens (including phenoxy) is 1. The molecule has 23 heavy (non-hydrogen) atoms. The number of aryl methyl sites for hydroxylation is 1. The fraction of sp³-hybridized carbons (Fsp3) is 0.176. The first-order valence-corrected chi connectivity index (χ1v) is 7.91. The van der Waals surface area contributed by atoms with E-state index in [-0.39, 0.29) is 4.88 Å². The molecular weight excluding hydrogens is 312 g/mol. The van der Waals surface area contributed by atoms with Gasteiger partial charge in [-0.3, -0.25) is 0 Å². The number of carbonyl (C=O) groups is 1. The number of thiazole rings is 1. The van der Waals surface area contributed by atoms with Crippen LogP contribution in [0, 0.1) is 6.92 Å². The summed E-state index contributed by atoms with van der Waals surface area (Å²) in [7, 11) is 1.64. The van der Waals surface area contributed by atoms with Crippen LogP contribution in [-0.2, 0) is 6.54 Å². The van der Waals surface area contributed by atoms with E-state index in [0.717, 1.165) is 33.4 Å². The standard InChI is InChI=1S/C17H16N2O3S/c1-10-15(16(20)21)23-17(19-10)18-9-13-12-6-4-3-5-11(12)7-8-14(13)22-2/h3-8H,9H2,1-2H3,(H,18,19)(H,20,21). The molecule has 3 aromatic rings. The number of benzene rings is 2. The molecule has 0 atom stereocenters. The zero-order chi connectivity index (χ0) is 16.4. The maximum Gasteiger partial charge on any atom is 0.347 e. The number of anilines is 1. The second kappa shape index (κ2) is 6.26. The predicted octanol–water partition coefficient (Wildman–Crippen LogP) is 3.92. The van der Waals surface area contributed by atoms with E-state index in [1.807, 2.05) is 36.4 Å². The highest BCUT2D eigenvalue weighted by Gasteiger charge is 2.15. The van der Waals surface area contributed by atoms with E-state index in [2.05, 4.69) is 10.3 Å². The van der Waals surface area contributed by atoms with Crippen molar-refractivity contribution in [2.24, 2.45) is 0 Å². The smallest absolute Gasteiger partial charge is 0.347 e. The van der Waals surface area contributed by atoms with Gasteiger partial charge in [-0.1, -0.05) is 41.7 Å². The van der Waals surface area contributed by atoms with E-state index in [1.54, 1.807) is 14.0 Å². The molecule has 6 heteroatoms. The quantitative estimate of drug-likeness (QED) is 0.742. The van der Waals surface area contributed by atoms with Crippen molar-refractivity contribution in [1.82, 2.24) is 4.98 Å². The Bertz CT molecular complexity index is 873. The lowest BCUT2D eigenvalue weighted by atomic mass is 10.0. The Hall–Kier alpha value is -2.60. The second-order valence-electron chi connectivity index (χ2n) is 5.06. The number of methoxy groups -OCH3 is 1. The Kier molecular flexibility index (Phi) is 4.16. The first-order chi connectivity index (χ1) is 11.1. The Balaban J connectivity index is 1.92. The Morgan fingerprint density at radius 3 is 2.78 bits per heavy atom. The molecule has 0 saturated carbocycles. The average Bonchev–Trinajstić information content (AvgIpc) is 2.93. The number of nitrogens with one attached hydrogen (secondary N) is 1. The molecule has 0 amide bonds.